The van der Waals surface area contributed by atoms with Crippen molar-refractivity contribution < 1.29 is 19.2 Å². The summed E-state index contributed by atoms with van der Waals surface area (Å²) in [5.74, 6) is -1.11. The van der Waals surface area contributed by atoms with Crippen molar-refractivity contribution in [1.29, 1.82) is 0 Å². The lowest BCUT2D eigenvalue weighted by atomic mass is 10.2. The normalized spacial score (nSPS) is 10.4. The molecular formula is C20H18N4O5. The zero-order chi connectivity index (χ0) is 20.8. The van der Waals surface area contributed by atoms with Gasteiger partial charge in [0.25, 0.3) is 11.6 Å². The molecule has 1 aromatic heterocycles. The van der Waals surface area contributed by atoms with Gasteiger partial charge in [0.15, 0.2) is 6.61 Å². The molecule has 0 aliphatic heterocycles. The molecule has 2 aromatic carbocycles. The Morgan fingerprint density at radius 2 is 1.83 bits per heavy atom. The molecule has 0 N–H and O–H groups in total. The number of benzene rings is 2. The molecule has 1 heterocycles. The van der Waals surface area contributed by atoms with Crippen LogP contribution in [0, 0.1) is 10.1 Å². The number of nitrogens with zero attached hydrogens (tertiary/aromatic N) is 4. The van der Waals surface area contributed by atoms with Crippen molar-refractivity contribution >= 4 is 17.6 Å². The summed E-state index contributed by atoms with van der Waals surface area (Å²) in [6, 6.07) is 14.5. The number of nitro groups is 1. The number of hydrogen-bond acceptors (Lipinski definition) is 6. The van der Waals surface area contributed by atoms with E-state index in [1.807, 2.05) is 36.5 Å². The monoisotopic (exact) mass is 394 g/mol. The maximum atomic E-state index is 12.2. The highest BCUT2D eigenvalue weighted by atomic mass is 16.6. The molecule has 0 saturated carbocycles. The minimum absolute atomic E-state index is 0.131. The molecule has 0 aliphatic rings. The minimum atomic E-state index is -0.724. The smallest absolute Gasteiger partial charge is 0.338 e. The summed E-state index contributed by atoms with van der Waals surface area (Å²) in [6.45, 7) is -0.125. The Balaban J connectivity index is 1.52. The van der Waals surface area contributed by atoms with Gasteiger partial charge in [0.2, 0.25) is 0 Å². The van der Waals surface area contributed by atoms with E-state index in [-0.39, 0.29) is 17.2 Å². The van der Waals surface area contributed by atoms with Crippen molar-refractivity contribution in [3.63, 3.8) is 0 Å². The first-order valence-electron chi connectivity index (χ1n) is 8.68. The van der Waals surface area contributed by atoms with Crippen LogP contribution in [-0.4, -0.2) is 45.1 Å². The summed E-state index contributed by atoms with van der Waals surface area (Å²) < 4.78 is 6.71. The zero-order valence-electron chi connectivity index (χ0n) is 15.6. The number of ether oxygens (including phenoxy) is 1. The van der Waals surface area contributed by atoms with Gasteiger partial charge in [0.1, 0.15) is 0 Å². The summed E-state index contributed by atoms with van der Waals surface area (Å²) in [7, 11) is 1.60. The predicted molar refractivity (Wildman–Crippen MR) is 103 cm³/mol. The summed E-state index contributed by atoms with van der Waals surface area (Å²) in [4.78, 5) is 35.7. The molecule has 0 radical (unpaired) electrons. The average molecular weight is 394 g/mol. The third kappa shape index (κ3) is 5.04. The van der Waals surface area contributed by atoms with Crippen LogP contribution >= 0.6 is 0 Å². The van der Waals surface area contributed by atoms with Crippen LogP contribution in [0.25, 0.3) is 5.69 Å². The first kappa shape index (κ1) is 19.7. The van der Waals surface area contributed by atoms with E-state index in [0.29, 0.717) is 6.54 Å². The second-order valence-electron chi connectivity index (χ2n) is 6.26. The molecule has 0 bridgehead atoms. The van der Waals surface area contributed by atoms with E-state index in [9.17, 15) is 19.7 Å². The fourth-order valence-corrected chi connectivity index (χ4v) is 2.57. The first-order chi connectivity index (χ1) is 13.9. The molecule has 0 fully saturated rings. The van der Waals surface area contributed by atoms with Gasteiger partial charge in [0, 0.05) is 37.5 Å². The second-order valence-corrected chi connectivity index (χ2v) is 6.26. The number of aromatic nitrogens is 2. The highest BCUT2D eigenvalue weighted by Gasteiger charge is 2.15. The van der Waals surface area contributed by atoms with Gasteiger partial charge >= 0.3 is 5.97 Å². The highest BCUT2D eigenvalue weighted by molar-refractivity contribution is 5.91. The summed E-state index contributed by atoms with van der Waals surface area (Å²) in [5.41, 5.74) is 1.74. The highest BCUT2D eigenvalue weighted by Crippen LogP contribution is 2.13. The maximum Gasteiger partial charge on any atom is 0.338 e. The van der Waals surface area contributed by atoms with Gasteiger partial charge in [-0.2, -0.15) is 5.10 Å². The molecule has 0 unspecified atom stereocenters. The second kappa shape index (κ2) is 8.79. The molecule has 29 heavy (non-hydrogen) atoms. The Hall–Kier alpha value is -4.01. The number of likely N-dealkylation sites (N-methyl/N-ethyl adjacent to an activating group) is 1. The molecule has 3 rings (SSSR count). The molecular weight excluding hydrogens is 376 g/mol. The summed E-state index contributed by atoms with van der Waals surface area (Å²) in [6.07, 6.45) is 3.49. The van der Waals surface area contributed by atoms with E-state index >= 15 is 0 Å². The average Bonchev–Trinajstić information content (AvgIpc) is 3.20. The standard InChI is InChI=1S/C20H18N4O5/c1-22(12-15-11-21-23(13-15)17-5-3-2-4-6-17)19(25)14-29-20(26)16-7-9-18(10-8-16)24(27)28/h2-11,13H,12,14H2,1H3. The van der Waals surface area contributed by atoms with Crippen LogP contribution in [0.1, 0.15) is 15.9 Å². The van der Waals surface area contributed by atoms with E-state index in [1.165, 1.54) is 29.2 Å². The molecule has 0 atom stereocenters. The summed E-state index contributed by atoms with van der Waals surface area (Å²) >= 11 is 0. The van der Waals surface area contributed by atoms with Gasteiger partial charge in [-0.3, -0.25) is 14.9 Å². The molecule has 1 amide bonds. The van der Waals surface area contributed by atoms with Gasteiger partial charge in [-0.1, -0.05) is 18.2 Å². The third-order valence-electron chi connectivity index (χ3n) is 4.14. The number of hydrogen-bond donors (Lipinski definition) is 0. The van der Waals surface area contributed by atoms with Crippen molar-refractivity contribution in [1.82, 2.24) is 14.7 Å². The minimum Gasteiger partial charge on any atom is -0.452 e. The Kier molecular flexibility index (Phi) is 5.98. The zero-order valence-corrected chi connectivity index (χ0v) is 15.6. The molecule has 0 spiro atoms. The number of carbonyl (C=O) groups is 2. The third-order valence-corrected chi connectivity index (χ3v) is 4.14. The SMILES string of the molecule is CN(Cc1cnn(-c2ccccc2)c1)C(=O)COC(=O)c1ccc([N+](=O)[O-])cc1. The lowest BCUT2D eigenvalue weighted by Gasteiger charge is -2.16. The fourth-order valence-electron chi connectivity index (χ4n) is 2.57. The van der Waals surface area contributed by atoms with Crippen molar-refractivity contribution in [3.8, 4) is 5.69 Å². The summed E-state index contributed by atoms with van der Waals surface area (Å²) in [5, 5.41) is 14.9. The number of nitro benzene ring substituents is 1. The number of non-ortho nitro benzene ring substituents is 1. The fraction of sp³-hybridized carbons (Fsp3) is 0.150. The van der Waals surface area contributed by atoms with Crippen LogP contribution in [0.5, 0.6) is 0 Å². The van der Waals surface area contributed by atoms with Crippen LogP contribution in [0.3, 0.4) is 0 Å². The maximum absolute atomic E-state index is 12.2. The van der Waals surface area contributed by atoms with Gasteiger partial charge in [-0.25, -0.2) is 9.48 Å². The number of para-hydroxylation sites is 1. The van der Waals surface area contributed by atoms with Crippen LogP contribution < -0.4 is 0 Å². The van der Waals surface area contributed by atoms with Crippen LogP contribution in [0.15, 0.2) is 67.0 Å². The quantitative estimate of drug-likeness (QED) is 0.346. The Bertz CT molecular complexity index is 1010. The van der Waals surface area contributed by atoms with E-state index in [2.05, 4.69) is 5.10 Å². The van der Waals surface area contributed by atoms with Gasteiger partial charge < -0.3 is 9.64 Å². The Morgan fingerprint density at radius 3 is 2.48 bits per heavy atom. The van der Waals surface area contributed by atoms with Crippen molar-refractivity contribution in [2.75, 3.05) is 13.7 Å². The topological polar surface area (TPSA) is 108 Å². The molecule has 0 aliphatic carbocycles. The van der Waals surface area contributed by atoms with E-state index in [1.54, 1.807) is 17.9 Å². The van der Waals surface area contributed by atoms with E-state index in [0.717, 1.165) is 11.3 Å². The molecule has 9 nitrogen and oxygen atoms in total. The number of amides is 1. The van der Waals surface area contributed by atoms with Gasteiger partial charge in [-0.15, -0.1) is 0 Å². The molecule has 148 valence electrons. The van der Waals surface area contributed by atoms with E-state index in [4.69, 9.17) is 4.74 Å². The first-order valence-corrected chi connectivity index (χ1v) is 8.68. The number of carbonyl (C=O) groups excluding carboxylic acids is 2. The Labute approximate surface area is 166 Å². The van der Waals surface area contributed by atoms with Crippen LogP contribution in [0.4, 0.5) is 5.69 Å². The van der Waals surface area contributed by atoms with Crippen molar-refractivity contribution in [2.24, 2.45) is 0 Å². The van der Waals surface area contributed by atoms with Crippen LogP contribution in [0.2, 0.25) is 0 Å². The van der Waals surface area contributed by atoms with Gasteiger partial charge in [-0.05, 0) is 24.3 Å². The molecule has 9 heteroatoms. The van der Waals surface area contributed by atoms with E-state index < -0.39 is 17.5 Å². The predicted octanol–water partition coefficient (Wildman–Crippen LogP) is 2.60. The Morgan fingerprint density at radius 1 is 1.14 bits per heavy atom. The van der Waals surface area contributed by atoms with Crippen molar-refractivity contribution in [3.05, 3.63) is 88.2 Å². The van der Waals surface area contributed by atoms with Gasteiger partial charge in [0.05, 0.1) is 22.4 Å². The lowest BCUT2D eigenvalue weighted by Crippen LogP contribution is -2.30. The number of esters is 1. The largest absolute Gasteiger partial charge is 0.452 e. The number of rotatable bonds is 7. The molecule has 0 saturated heterocycles. The lowest BCUT2D eigenvalue weighted by molar-refractivity contribution is -0.384. The molecule has 3 aromatic rings. The van der Waals surface area contributed by atoms with Crippen LogP contribution in [-0.2, 0) is 16.1 Å². The van der Waals surface area contributed by atoms with Crippen molar-refractivity contribution in [2.45, 2.75) is 6.54 Å².